The van der Waals surface area contributed by atoms with E-state index in [1.807, 2.05) is 17.0 Å². The first-order valence-electron chi connectivity index (χ1n) is 14.7. The van der Waals surface area contributed by atoms with Gasteiger partial charge in [-0.05, 0) is 31.4 Å². The SMILES string of the molecule is CCCCCCCCCOC(=O)c1ccccc1C(=O)N(CCCCCCC)CCCCCCC. The van der Waals surface area contributed by atoms with Crippen molar-refractivity contribution >= 4 is 11.9 Å². The van der Waals surface area contributed by atoms with Crippen molar-refractivity contribution in [3.63, 3.8) is 0 Å². The third-order valence-corrected chi connectivity index (χ3v) is 6.71. The number of hydrogen-bond acceptors (Lipinski definition) is 3. The van der Waals surface area contributed by atoms with Crippen molar-refractivity contribution in [1.82, 2.24) is 4.90 Å². The molecule has 1 aromatic carbocycles. The number of nitrogens with zero attached hydrogens (tertiary/aromatic N) is 1. The fourth-order valence-electron chi connectivity index (χ4n) is 4.45. The van der Waals surface area contributed by atoms with Gasteiger partial charge in [0, 0.05) is 13.1 Å². The van der Waals surface area contributed by atoms with Crippen LogP contribution in [0, 0.1) is 0 Å². The lowest BCUT2D eigenvalue weighted by molar-refractivity contribution is 0.0490. The van der Waals surface area contributed by atoms with Gasteiger partial charge in [-0.3, -0.25) is 4.79 Å². The standard InChI is InChI=1S/C31H53NO3/c1-4-7-10-13-14-17-22-27-35-31(34)29-24-19-18-23-28(29)30(33)32(25-20-15-11-8-5-2)26-21-16-12-9-6-3/h18-19,23-24H,4-17,20-22,25-27H2,1-3H3. The Bertz CT molecular complexity index is 659. The van der Waals surface area contributed by atoms with Crippen molar-refractivity contribution in [2.45, 2.75) is 130 Å². The van der Waals surface area contributed by atoms with Crippen molar-refractivity contribution in [2.24, 2.45) is 0 Å². The number of hydrogen-bond donors (Lipinski definition) is 0. The van der Waals surface area contributed by atoms with Gasteiger partial charge in [0.05, 0.1) is 17.7 Å². The number of benzene rings is 1. The third kappa shape index (κ3) is 14.3. The van der Waals surface area contributed by atoms with Crippen LogP contribution in [0.1, 0.15) is 151 Å². The van der Waals surface area contributed by atoms with Gasteiger partial charge in [-0.15, -0.1) is 0 Å². The van der Waals surface area contributed by atoms with E-state index in [1.54, 1.807) is 12.1 Å². The smallest absolute Gasteiger partial charge is 0.338 e. The fraction of sp³-hybridized carbons (Fsp3) is 0.742. The van der Waals surface area contributed by atoms with Crippen LogP contribution in [0.3, 0.4) is 0 Å². The summed E-state index contributed by atoms with van der Waals surface area (Å²) in [5.74, 6) is -0.398. The van der Waals surface area contributed by atoms with Crippen molar-refractivity contribution in [3.05, 3.63) is 35.4 Å². The fourth-order valence-corrected chi connectivity index (χ4v) is 4.45. The number of esters is 1. The molecule has 0 bridgehead atoms. The minimum Gasteiger partial charge on any atom is -0.462 e. The van der Waals surface area contributed by atoms with E-state index < -0.39 is 0 Å². The second kappa shape index (κ2) is 21.4. The number of amides is 1. The summed E-state index contributed by atoms with van der Waals surface area (Å²) in [7, 11) is 0. The molecule has 1 amide bonds. The maximum atomic E-state index is 13.5. The minimum absolute atomic E-state index is 0.0283. The molecule has 0 aliphatic rings. The first-order valence-corrected chi connectivity index (χ1v) is 14.7. The maximum Gasteiger partial charge on any atom is 0.338 e. The zero-order valence-electron chi connectivity index (χ0n) is 23.1. The summed E-state index contributed by atoms with van der Waals surface area (Å²) in [6.07, 6.45) is 20.0. The van der Waals surface area contributed by atoms with Crippen LogP contribution in [0.5, 0.6) is 0 Å². The van der Waals surface area contributed by atoms with Crippen molar-refractivity contribution in [2.75, 3.05) is 19.7 Å². The Labute approximate surface area is 216 Å². The van der Waals surface area contributed by atoms with Crippen LogP contribution in [-0.2, 0) is 4.74 Å². The molecule has 0 saturated carbocycles. The lowest BCUT2D eigenvalue weighted by Crippen LogP contribution is -2.34. The van der Waals surface area contributed by atoms with E-state index in [4.69, 9.17) is 4.74 Å². The number of ether oxygens (including phenoxy) is 1. The average molecular weight is 488 g/mol. The summed E-state index contributed by atoms with van der Waals surface area (Å²) in [5.41, 5.74) is 0.890. The van der Waals surface area contributed by atoms with Crippen LogP contribution in [-0.4, -0.2) is 36.5 Å². The molecule has 0 aromatic heterocycles. The van der Waals surface area contributed by atoms with E-state index in [0.29, 0.717) is 17.7 Å². The Balaban J connectivity index is 2.66. The van der Waals surface area contributed by atoms with Gasteiger partial charge in [0.1, 0.15) is 0 Å². The van der Waals surface area contributed by atoms with Crippen LogP contribution in [0.4, 0.5) is 0 Å². The van der Waals surface area contributed by atoms with Gasteiger partial charge in [0.15, 0.2) is 0 Å². The van der Waals surface area contributed by atoms with Crippen molar-refractivity contribution in [3.8, 4) is 0 Å². The quantitative estimate of drug-likeness (QED) is 0.121. The molecule has 1 aromatic rings. The summed E-state index contributed by atoms with van der Waals surface area (Å²) in [6, 6.07) is 7.19. The normalized spacial score (nSPS) is 10.9. The van der Waals surface area contributed by atoms with E-state index in [9.17, 15) is 9.59 Å². The summed E-state index contributed by atoms with van der Waals surface area (Å²) < 4.78 is 5.57. The third-order valence-electron chi connectivity index (χ3n) is 6.71. The molecular weight excluding hydrogens is 434 g/mol. The molecule has 0 radical (unpaired) electrons. The molecule has 0 heterocycles. The molecular formula is C31H53NO3. The van der Waals surface area contributed by atoms with E-state index in [1.165, 1.54) is 70.6 Å². The molecule has 0 spiro atoms. The number of carbonyl (C=O) groups is 2. The lowest BCUT2D eigenvalue weighted by atomic mass is 10.0. The number of rotatable bonds is 22. The highest BCUT2D eigenvalue weighted by Gasteiger charge is 2.22. The van der Waals surface area contributed by atoms with Gasteiger partial charge in [-0.2, -0.15) is 0 Å². The highest BCUT2D eigenvalue weighted by Crippen LogP contribution is 2.17. The van der Waals surface area contributed by atoms with E-state index in [2.05, 4.69) is 20.8 Å². The Morgan fingerprint density at radius 2 is 1.03 bits per heavy atom. The number of carbonyl (C=O) groups excluding carboxylic acids is 2. The van der Waals surface area contributed by atoms with E-state index >= 15 is 0 Å². The van der Waals surface area contributed by atoms with Gasteiger partial charge < -0.3 is 9.64 Å². The van der Waals surface area contributed by atoms with Gasteiger partial charge in [0.25, 0.3) is 5.91 Å². The zero-order chi connectivity index (χ0) is 25.6. The Hall–Kier alpha value is -1.84. The van der Waals surface area contributed by atoms with Gasteiger partial charge in [-0.1, -0.05) is 123 Å². The largest absolute Gasteiger partial charge is 0.462 e. The summed E-state index contributed by atoms with van der Waals surface area (Å²) in [6.45, 7) is 8.61. The summed E-state index contributed by atoms with van der Waals surface area (Å²) in [4.78, 5) is 28.3. The Kier molecular flexibility index (Phi) is 19.1. The van der Waals surface area contributed by atoms with Gasteiger partial charge in [-0.25, -0.2) is 4.79 Å². The second-order valence-electron chi connectivity index (χ2n) is 9.92. The summed E-state index contributed by atoms with van der Waals surface area (Å²) in [5, 5.41) is 0. The van der Waals surface area contributed by atoms with Crippen LogP contribution < -0.4 is 0 Å². The van der Waals surface area contributed by atoms with Crippen molar-refractivity contribution in [1.29, 1.82) is 0 Å². The molecule has 1 rings (SSSR count). The van der Waals surface area contributed by atoms with Crippen molar-refractivity contribution < 1.29 is 14.3 Å². The highest BCUT2D eigenvalue weighted by atomic mass is 16.5. The Morgan fingerprint density at radius 3 is 1.54 bits per heavy atom. The van der Waals surface area contributed by atoms with E-state index in [-0.39, 0.29) is 11.9 Å². The van der Waals surface area contributed by atoms with Gasteiger partial charge >= 0.3 is 5.97 Å². The topological polar surface area (TPSA) is 46.6 Å². The molecule has 0 aliphatic heterocycles. The molecule has 0 N–H and O–H groups in total. The minimum atomic E-state index is -0.370. The monoisotopic (exact) mass is 487 g/mol. The average Bonchev–Trinajstić information content (AvgIpc) is 2.88. The van der Waals surface area contributed by atoms with Crippen LogP contribution in [0.15, 0.2) is 24.3 Å². The predicted molar refractivity (Wildman–Crippen MR) is 148 cm³/mol. The molecule has 200 valence electrons. The molecule has 4 heteroatoms. The van der Waals surface area contributed by atoms with Crippen LogP contribution in [0.2, 0.25) is 0 Å². The lowest BCUT2D eigenvalue weighted by Gasteiger charge is -2.24. The van der Waals surface area contributed by atoms with Crippen LogP contribution >= 0.6 is 0 Å². The predicted octanol–water partition coefficient (Wildman–Crippen LogP) is 8.98. The molecule has 0 aliphatic carbocycles. The van der Waals surface area contributed by atoms with Crippen LogP contribution in [0.25, 0.3) is 0 Å². The molecule has 35 heavy (non-hydrogen) atoms. The molecule has 4 nitrogen and oxygen atoms in total. The first-order chi connectivity index (χ1) is 17.2. The maximum absolute atomic E-state index is 13.5. The number of unbranched alkanes of at least 4 members (excludes halogenated alkanes) is 14. The Morgan fingerprint density at radius 1 is 0.600 bits per heavy atom. The molecule has 0 atom stereocenters. The molecule has 0 unspecified atom stereocenters. The summed E-state index contributed by atoms with van der Waals surface area (Å²) >= 11 is 0. The molecule has 0 fully saturated rings. The zero-order valence-corrected chi connectivity index (χ0v) is 23.1. The first kappa shape index (κ1) is 31.2. The second-order valence-corrected chi connectivity index (χ2v) is 9.92. The highest BCUT2D eigenvalue weighted by molar-refractivity contribution is 6.05. The van der Waals surface area contributed by atoms with E-state index in [0.717, 1.165) is 51.6 Å². The molecule has 0 saturated heterocycles. The van der Waals surface area contributed by atoms with Gasteiger partial charge in [0.2, 0.25) is 0 Å².